The van der Waals surface area contributed by atoms with Crippen LogP contribution in [0.25, 0.3) is 0 Å². The van der Waals surface area contributed by atoms with E-state index in [1.54, 1.807) is 0 Å². The van der Waals surface area contributed by atoms with E-state index in [1.807, 2.05) is 0 Å². The van der Waals surface area contributed by atoms with E-state index in [0.29, 0.717) is 6.10 Å². The summed E-state index contributed by atoms with van der Waals surface area (Å²) in [6, 6.07) is 0. The molecule has 0 aliphatic rings. The van der Waals surface area contributed by atoms with Gasteiger partial charge in [-0.3, -0.25) is 0 Å². The molecule has 0 aliphatic carbocycles. The van der Waals surface area contributed by atoms with Crippen LogP contribution in [0.4, 0.5) is 0 Å². The van der Waals surface area contributed by atoms with Gasteiger partial charge in [-0.2, -0.15) is 0 Å². The topological polar surface area (TPSA) is 9.23 Å². The summed E-state index contributed by atoms with van der Waals surface area (Å²) in [4.78, 5) is 0. The molecule has 0 aromatic carbocycles. The molecule has 0 rings (SSSR count). The first-order valence-electron chi connectivity index (χ1n) is 3.60. The van der Waals surface area contributed by atoms with Gasteiger partial charge in [-0.15, -0.1) is 0 Å². The molecule has 0 spiro atoms. The monoisotopic (exact) mass is 143 g/mol. The van der Waals surface area contributed by atoms with E-state index < -0.39 is 0 Å². The van der Waals surface area contributed by atoms with Crippen molar-refractivity contribution in [1.29, 1.82) is 0 Å². The molecule has 0 aromatic heterocycles. The van der Waals surface area contributed by atoms with Gasteiger partial charge in [0.2, 0.25) is 0 Å². The zero-order valence-corrected chi connectivity index (χ0v) is 8.00. The Balaban J connectivity index is 2.91. The molecule has 0 fully saturated rings. The quantitative estimate of drug-likeness (QED) is 0.547. The van der Waals surface area contributed by atoms with E-state index in [1.165, 1.54) is 5.28 Å². The zero-order valence-electron chi connectivity index (χ0n) is 6.85. The van der Waals surface area contributed by atoms with Crippen molar-refractivity contribution in [3.05, 3.63) is 0 Å². The van der Waals surface area contributed by atoms with Crippen LogP contribution in [-0.4, -0.2) is 21.7 Å². The first kappa shape index (κ1) is 9.49. The number of rotatable bonds is 4. The first-order chi connectivity index (χ1) is 4.13. The maximum atomic E-state index is 5.44. The van der Waals surface area contributed by atoms with Crippen LogP contribution in [0.2, 0.25) is 5.28 Å². The molecule has 0 heterocycles. The van der Waals surface area contributed by atoms with Crippen LogP contribution in [0.5, 0.6) is 0 Å². The number of hydrogen-bond donors (Lipinski definition) is 0. The minimum atomic E-state index is 0.255. The van der Waals surface area contributed by atoms with Gasteiger partial charge in [0, 0.05) is 0 Å². The molecule has 0 N–H and O–H groups in total. The second-order valence-corrected chi connectivity index (χ2v) is 4.06. The van der Waals surface area contributed by atoms with Crippen molar-refractivity contribution in [3.8, 4) is 0 Å². The molecule has 0 radical (unpaired) electrons. The van der Waals surface area contributed by atoms with Gasteiger partial charge in [0.25, 0.3) is 0 Å². The van der Waals surface area contributed by atoms with Crippen LogP contribution in [-0.2, 0) is 3.79 Å². The van der Waals surface area contributed by atoms with E-state index in [0.717, 1.165) is 5.92 Å². The van der Waals surface area contributed by atoms with Gasteiger partial charge in [-0.1, -0.05) is 0 Å². The zero-order chi connectivity index (χ0) is 7.28. The molecule has 0 saturated heterocycles. The standard InChI is InChI=1S/C4H9.C3H7O.Al/c1-4(2)3;1-3(2)4;/h4H,1H2,2-3H3;3H,1-2H3;/q;-1;+2. The van der Waals surface area contributed by atoms with Gasteiger partial charge in [-0.25, -0.2) is 0 Å². The van der Waals surface area contributed by atoms with Crippen molar-refractivity contribution in [2.24, 2.45) is 5.92 Å². The van der Waals surface area contributed by atoms with Crippen molar-refractivity contribution in [3.63, 3.8) is 0 Å². The predicted octanol–water partition coefficient (Wildman–Crippen LogP) is 2.10. The second-order valence-electron chi connectivity index (χ2n) is 2.98. The molecule has 0 unspecified atom stereocenters. The molecular formula is C7H16AlO+. The molecule has 0 amide bonds. The fraction of sp³-hybridized carbons (Fsp3) is 1.00. The Morgan fingerprint density at radius 1 is 1.22 bits per heavy atom. The van der Waals surface area contributed by atoms with Gasteiger partial charge >= 0.3 is 64.3 Å². The van der Waals surface area contributed by atoms with Crippen LogP contribution in [0, 0.1) is 5.92 Å². The third-order valence-corrected chi connectivity index (χ3v) is 2.81. The van der Waals surface area contributed by atoms with Crippen molar-refractivity contribution in [2.45, 2.75) is 39.1 Å². The Morgan fingerprint density at radius 3 is 2.11 bits per heavy atom. The molecule has 0 atom stereocenters. The van der Waals surface area contributed by atoms with Gasteiger partial charge in [-0.05, 0) is 0 Å². The van der Waals surface area contributed by atoms with Crippen molar-refractivity contribution in [2.75, 3.05) is 0 Å². The average Bonchev–Trinajstić information content (AvgIpc) is 1.63. The van der Waals surface area contributed by atoms with Gasteiger partial charge in [0.15, 0.2) is 0 Å². The van der Waals surface area contributed by atoms with Crippen molar-refractivity contribution >= 4 is 15.6 Å². The molecule has 0 saturated carbocycles. The maximum absolute atomic E-state index is 5.44. The van der Waals surface area contributed by atoms with Crippen molar-refractivity contribution < 1.29 is 3.79 Å². The molecule has 0 bridgehead atoms. The van der Waals surface area contributed by atoms with E-state index >= 15 is 0 Å². The summed E-state index contributed by atoms with van der Waals surface area (Å²) in [5.74, 6) is 0.804. The van der Waals surface area contributed by atoms with Crippen LogP contribution in [0.1, 0.15) is 27.7 Å². The summed E-state index contributed by atoms with van der Waals surface area (Å²) < 4.78 is 5.44. The fourth-order valence-corrected chi connectivity index (χ4v) is 1.32. The van der Waals surface area contributed by atoms with E-state index in [2.05, 4.69) is 27.7 Å². The SMILES string of the molecule is CC(C)[CH2][Al+][O]C(C)C. The van der Waals surface area contributed by atoms with E-state index in [9.17, 15) is 0 Å². The summed E-state index contributed by atoms with van der Waals surface area (Å²) >= 11 is 0.255. The minimum absolute atomic E-state index is 0.255. The molecule has 9 heavy (non-hydrogen) atoms. The van der Waals surface area contributed by atoms with Crippen molar-refractivity contribution in [1.82, 2.24) is 0 Å². The second kappa shape index (κ2) is 5.29. The van der Waals surface area contributed by atoms with Crippen LogP contribution < -0.4 is 0 Å². The Bertz CT molecular complexity index is 53.9. The Morgan fingerprint density at radius 2 is 1.78 bits per heavy atom. The first-order valence-corrected chi connectivity index (χ1v) is 4.89. The molecule has 52 valence electrons. The number of hydrogen-bond acceptors (Lipinski definition) is 1. The molecule has 2 heteroatoms. The van der Waals surface area contributed by atoms with Crippen LogP contribution >= 0.6 is 0 Å². The Hall–Kier alpha value is 0.492. The predicted molar refractivity (Wildman–Crippen MR) is 41.6 cm³/mol. The summed E-state index contributed by atoms with van der Waals surface area (Å²) in [7, 11) is 0. The summed E-state index contributed by atoms with van der Waals surface area (Å²) in [5.41, 5.74) is 0. The Labute approximate surface area is 64.8 Å². The third kappa shape index (κ3) is 8.49. The summed E-state index contributed by atoms with van der Waals surface area (Å²) in [5, 5.41) is 1.26. The van der Waals surface area contributed by atoms with Gasteiger partial charge in [0.1, 0.15) is 0 Å². The molecule has 0 aliphatic heterocycles. The third-order valence-electron chi connectivity index (χ3n) is 0.936. The van der Waals surface area contributed by atoms with Crippen LogP contribution in [0.3, 0.4) is 0 Å². The average molecular weight is 143 g/mol. The van der Waals surface area contributed by atoms with Crippen LogP contribution in [0.15, 0.2) is 0 Å². The van der Waals surface area contributed by atoms with Gasteiger partial charge < -0.3 is 0 Å². The molecule has 1 nitrogen and oxygen atoms in total. The van der Waals surface area contributed by atoms with E-state index in [-0.39, 0.29) is 15.6 Å². The Kier molecular flexibility index (Phi) is 5.58. The van der Waals surface area contributed by atoms with E-state index in [4.69, 9.17) is 3.79 Å². The van der Waals surface area contributed by atoms with Gasteiger partial charge in [0.05, 0.1) is 0 Å². The molecular weight excluding hydrogens is 127 g/mol. The summed E-state index contributed by atoms with van der Waals surface area (Å²) in [6.07, 6.45) is 0.429. The normalized spacial score (nSPS) is 10.4. The summed E-state index contributed by atoms with van der Waals surface area (Å²) in [6.45, 7) is 8.65. The molecule has 0 aromatic rings. The fourth-order valence-electron chi connectivity index (χ4n) is 0.440.